The van der Waals surface area contributed by atoms with Crippen LogP contribution in [0.1, 0.15) is 59.2 Å². The van der Waals surface area contributed by atoms with E-state index in [0.29, 0.717) is 12.1 Å². The van der Waals surface area contributed by atoms with Gasteiger partial charge in [0.1, 0.15) is 6.54 Å². The highest BCUT2D eigenvalue weighted by molar-refractivity contribution is 5.77. The van der Waals surface area contributed by atoms with Crippen LogP contribution in [0.15, 0.2) is 30.3 Å². The molecule has 1 aliphatic heterocycles. The molecule has 0 radical (unpaired) electrons. The standard InChI is InChI=1S/C27H27F9N6O2/c1-4-44-23(43)14-41-7-5-6-21(19-8-15(2)20(12-22(19)41)27(34,35)36)42(24-37-39-40(3)38-24)13-16-9-17(25(28,29)30)11-18(10-16)26(31,32)33/h8-12,21H,4-7,13-14H2,1-3H3/t21-/m0/s1. The van der Waals surface area contributed by atoms with E-state index in [9.17, 15) is 44.3 Å². The average molecular weight is 639 g/mol. The molecule has 1 aromatic heterocycles. The van der Waals surface area contributed by atoms with Gasteiger partial charge in [0.15, 0.2) is 0 Å². The van der Waals surface area contributed by atoms with E-state index < -0.39 is 59.3 Å². The van der Waals surface area contributed by atoms with Gasteiger partial charge in [-0.3, -0.25) is 4.79 Å². The van der Waals surface area contributed by atoms with Crippen molar-refractivity contribution in [3.05, 3.63) is 63.7 Å². The fourth-order valence-electron chi connectivity index (χ4n) is 5.18. The molecule has 8 nitrogen and oxygen atoms in total. The van der Waals surface area contributed by atoms with Gasteiger partial charge in [0.2, 0.25) is 0 Å². The van der Waals surface area contributed by atoms with Gasteiger partial charge in [-0.25, -0.2) is 0 Å². The third-order valence-electron chi connectivity index (χ3n) is 7.04. The van der Waals surface area contributed by atoms with E-state index in [0.717, 1.165) is 10.9 Å². The second kappa shape index (κ2) is 12.1. The number of rotatable bonds is 7. The number of hydrogen-bond acceptors (Lipinski definition) is 7. The van der Waals surface area contributed by atoms with Crippen LogP contribution in [0.5, 0.6) is 0 Å². The lowest BCUT2D eigenvalue weighted by Gasteiger charge is -2.33. The van der Waals surface area contributed by atoms with Crippen LogP contribution in [0.3, 0.4) is 0 Å². The third kappa shape index (κ3) is 7.35. The molecule has 3 aromatic rings. The zero-order valence-corrected chi connectivity index (χ0v) is 23.6. The monoisotopic (exact) mass is 638 g/mol. The number of alkyl halides is 9. The van der Waals surface area contributed by atoms with Crippen molar-refractivity contribution in [3.63, 3.8) is 0 Å². The first-order valence-electron chi connectivity index (χ1n) is 13.3. The topological polar surface area (TPSA) is 76.4 Å². The summed E-state index contributed by atoms with van der Waals surface area (Å²) in [5, 5.41) is 11.8. The van der Waals surface area contributed by atoms with Gasteiger partial charge < -0.3 is 14.5 Å². The molecule has 0 aliphatic carbocycles. The maximum Gasteiger partial charge on any atom is 0.416 e. The summed E-state index contributed by atoms with van der Waals surface area (Å²) in [4.78, 5) is 16.1. The summed E-state index contributed by atoms with van der Waals surface area (Å²) >= 11 is 0. The smallest absolute Gasteiger partial charge is 0.416 e. The van der Waals surface area contributed by atoms with Crippen molar-refractivity contribution in [1.82, 2.24) is 20.2 Å². The van der Waals surface area contributed by atoms with E-state index in [-0.39, 0.29) is 61.4 Å². The number of aromatic nitrogens is 4. The van der Waals surface area contributed by atoms with Gasteiger partial charge in [0.05, 0.1) is 36.4 Å². The van der Waals surface area contributed by atoms with E-state index in [1.807, 2.05) is 0 Å². The molecule has 0 unspecified atom stereocenters. The quantitative estimate of drug-likeness (QED) is 0.217. The maximum atomic E-state index is 14.0. The van der Waals surface area contributed by atoms with Crippen LogP contribution in [-0.2, 0) is 41.7 Å². The van der Waals surface area contributed by atoms with Crippen LogP contribution in [0, 0.1) is 6.92 Å². The van der Waals surface area contributed by atoms with Crippen molar-refractivity contribution in [3.8, 4) is 0 Å². The van der Waals surface area contributed by atoms with Crippen LogP contribution < -0.4 is 9.80 Å². The Morgan fingerprint density at radius 3 is 2.14 bits per heavy atom. The summed E-state index contributed by atoms with van der Waals surface area (Å²) < 4.78 is 129. The fourth-order valence-corrected chi connectivity index (χ4v) is 5.18. The Hall–Kier alpha value is -4.05. The first kappa shape index (κ1) is 32.9. The number of hydrogen-bond donors (Lipinski definition) is 0. The number of carbonyl (C=O) groups excluding carboxylic acids is 1. The molecule has 2 heterocycles. The highest BCUT2D eigenvalue weighted by Gasteiger charge is 2.39. The minimum absolute atomic E-state index is 0.00461. The summed E-state index contributed by atoms with van der Waals surface area (Å²) in [7, 11) is 1.39. The number of ether oxygens (including phenoxy) is 1. The Morgan fingerprint density at radius 2 is 1.61 bits per heavy atom. The second-order valence-electron chi connectivity index (χ2n) is 10.2. The Labute approximate surface area is 245 Å². The Bertz CT molecular complexity index is 1470. The number of halogens is 9. The number of tetrazole rings is 1. The summed E-state index contributed by atoms with van der Waals surface area (Å²) in [6.07, 6.45) is -14.5. The first-order valence-corrected chi connectivity index (χ1v) is 13.3. The van der Waals surface area contributed by atoms with E-state index in [1.165, 1.54) is 29.8 Å². The molecular weight excluding hydrogens is 611 g/mol. The van der Waals surface area contributed by atoms with Crippen LogP contribution in [0.2, 0.25) is 0 Å². The molecule has 0 bridgehead atoms. The lowest BCUT2D eigenvalue weighted by molar-refractivity contribution is -0.143. The molecule has 0 spiro atoms. The molecule has 0 fully saturated rings. The van der Waals surface area contributed by atoms with Gasteiger partial charge in [0, 0.05) is 18.8 Å². The molecule has 0 amide bonds. The molecule has 2 aromatic carbocycles. The predicted molar refractivity (Wildman–Crippen MR) is 138 cm³/mol. The van der Waals surface area contributed by atoms with E-state index >= 15 is 0 Å². The van der Waals surface area contributed by atoms with Gasteiger partial charge in [-0.15, -0.1) is 5.10 Å². The minimum Gasteiger partial charge on any atom is -0.465 e. The number of aryl methyl sites for hydroxylation is 2. The number of fused-ring (bicyclic) bond motifs is 1. The molecule has 1 aliphatic rings. The molecule has 0 saturated heterocycles. The number of benzene rings is 2. The second-order valence-corrected chi connectivity index (χ2v) is 10.2. The fraction of sp³-hybridized carbons (Fsp3) is 0.481. The summed E-state index contributed by atoms with van der Waals surface area (Å²) in [5.74, 6) is -0.868. The Morgan fingerprint density at radius 1 is 0.977 bits per heavy atom. The van der Waals surface area contributed by atoms with Crippen molar-refractivity contribution in [2.24, 2.45) is 7.05 Å². The van der Waals surface area contributed by atoms with Crippen molar-refractivity contribution >= 4 is 17.6 Å². The predicted octanol–water partition coefficient (Wildman–Crippen LogP) is 6.49. The van der Waals surface area contributed by atoms with Crippen molar-refractivity contribution < 1.29 is 49.0 Å². The van der Waals surface area contributed by atoms with Crippen LogP contribution in [0.4, 0.5) is 51.1 Å². The molecular formula is C27H27F9N6O2. The summed E-state index contributed by atoms with van der Waals surface area (Å²) in [5.41, 5.74) is -4.34. The highest BCUT2D eigenvalue weighted by Crippen LogP contribution is 2.44. The number of anilines is 2. The van der Waals surface area contributed by atoms with E-state index in [2.05, 4.69) is 15.4 Å². The van der Waals surface area contributed by atoms with Crippen LogP contribution in [0.25, 0.3) is 0 Å². The average Bonchev–Trinajstić information content (AvgIpc) is 3.26. The largest absolute Gasteiger partial charge is 0.465 e. The van der Waals surface area contributed by atoms with Crippen LogP contribution >= 0.6 is 0 Å². The minimum atomic E-state index is -5.10. The zero-order valence-electron chi connectivity index (χ0n) is 23.6. The highest BCUT2D eigenvalue weighted by atomic mass is 19.4. The molecule has 240 valence electrons. The third-order valence-corrected chi connectivity index (χ3v) is 7.04. The van der Waals surface area contributed by atoms with E-state index in [4.69, 9.17) is 4.74 Å². The molecule has 0 saturated carbocycles. The Balaban J connectivity index is 1.90. The van der Waals surface area contributed by atoms with Crippen molar-refractivity contribution in [2.45, 2.75) is 57.8 Å². The molecule has 0 N–H and O–H groups in total. The van der Waals surface area contributed by atoms with Gasteiger partial charge >= 0.3 is 24.5 Å². The zero-order chi connectivity index (χ0) is 32.6. The normalized spacial score (nSPS) is 16.0. The van der Waals surface area contributed by atoms with Gasteiger partial charge in [-0.2, -0.15) is 44.3 Å². The molecule has 4 rings (SSSR count). The number of nitrogens with zero attached hydrogens (tertiary/aromatic N) is 6. The van der Waals surface area contributed by atoms with Gasteiger partial charge in [-0.05, 0) is 72.9 Å². The van der Waals surface area contributed by atoms with Gasteiger partial charge in [-0.1, -0.05) is 11.2 Å². The van der Waals surface area contributed by atoms with Crippen molar-refractivity contribution in [1.29, 1.82) is 0 Å². The molecule has 17 heteroatoms. The first-order chi connectivity index (χ1) is 20.4. The van der Waals surface area contributed by atoms with Gasteiger partial charge in [0.25, 0.3) is 5.95 Å². The lowest BCUT2D eigenvalue weighted by atomic mass is 9.94. The van der Waals surface area contributed by atoms with E-state index in [1.54, 1.807) is 6.92 Å². The van der Waals surface area contributed by atoms with Crippen molar-refractivity contribution in [2.75, 3.05) is 29.5 Å². The molecule has 1 atom stereocenters. The van der Waals surface area contributed by atoms with Crippen LogP contribution in [-0.4, -0.2) is 45.9 Å². The Kier molecular flexibility index (Phi) is 9.07. The number of esters is 1. The number of carbonyl (C=O) groups is 1. The SMILES string of the molecule is CCOC(=O)CN1CCC[C@H](N(Cc2cc(C(F)(F)F)cc(C(F)(F)F)c2)c2nnn(C)n2)c2cc(C)c(C(F)(F)F)cc21. The summed E-state index contributed by atoms with van der Waals surface area (Å²) in [6.45, 7) is 1.97. The maximum absolute atomic E-state index is 14.0. The lowest BCUT2D eigenvalue weighted by Crippen LogP contribution is -2.33. The summed E-state index contributed by atoms with van der Waals surface area (Å²) in [6, 6.07) is 2.35. The molecule has 44 heavy (non-hydrogen) atoms.